The Labute approximate surface area is 156 Å². The van der Waals surface area contributed by atoms with Crippen molar-refractivity contribution in [2.45, 2.75) is 19.8 Å². The van der Waals surface area contributed by atoms with Crippen LogP contribution in [0.2, 0.25) is 0 Å². The fourth-order valence-electron chi connectivity index (χ4n) is 4.28. The normalized spacial score (nSPS) is 25.3. The smallest absolute Gasteiger partial charge is 0.249 e. The number of fused-ring (bicyclic) bond motifs is 1. The predicted molar refractivity (Wildman–Crippen MR) is 97.5 cm³/mol. The molecule has 4 heterocycles. The highest BCUT2D eigenvalue weighted by Gasteiger charge is 2.61. The van der Waals surface area contributed by atoms with Gasteiger partial charge in [0.25, 0.3) is 0 Å². The van der Waals surface area contributed by atoms with Crippen LogP contribution in [0.25, 0.3) is 16.8 Å². The molecular formula is C19H19N7O. The number of hydrogen-bond acceptors (Lipinski definition) is 5. The number of aryl methyl sites for hydroxylation is 1. The van der Waals surface area contributed by atoms with E-state index in [-0.39, 0.29) is 17.7 Å². The molecule has 8 heteroatoms. The number of hydrogen-bond donors (Lipinski definition) is 0. The SMILES string of the molecule is C[C@@H]1CN(c2nc(-c3cnn(C)c3)cn3nccc23)C(=O)[C@]1(C#N)C1CC1. The first-order valence-corrected chi connectivity index (χ1v) is 9.11. The zero-order valence-electron chi connectivity index (χ0n) is 15.2. The molecule has 0 spiro atoms. The molecule has 2 atom stereocenters. The van der Waals surface area contributed by atoms with Crippen LogP contribution in [0.4, 0.5) is 5.82 Å². The number of nitriles is 1. The van der Waals surface area contributed by atoms with Crippen LogP contribution in [0, 0.1) is 28.6 Å². The monoisotopic (exact) mass is 361 g/mol. The van der Waals surface area contributed by atoms with E-state index in [1.165, 1.54) is 0 Å². The summed E-state index contributed by atoms with van der Waals surface area (Å²) in [4.78, 5) is 19.9. The van der Waals surface area contributed by atoms with Gasteiger partial charge in [-0.1, -0.05) is 6.92 Å². The van der Waals surface area contributed by atoms with Crippen molar-refractivity contribution < 1.29 is 4.79 Å². The number of carbonyl (C=O) groups is 1. The van der Waals surface area contributed by atoms with Gasteiger partial charge in [0.05, 0.1) is 30.4 Å². The molecule has 1 amide bonds. The number of amides is 1. The van der Waals surface area contributed by atoms with Gasteiger partial charge in [0, 0.05) is 31.3 Å². The fraction of sp³-hybridized carbons (Fsp3) is 0.421. The van der Waals surface area contributed by atoms with E-state index in [4.69, 9.17) is 4.98 Å². The topological polar surface area (TPSA) is 92.1 Å². The molecule has 27 heavy (non-hydrogen) atoms. The van der Waals surface area contributed by atoms with Crippen LogP contribution in [0.1, 0.15) is 19.8 Å². The Morgan fingerprint density at radius 2 is 2.11 bits per heavy atom. The second-order valence-electron chi connectivity index (χ2n) is 7.59. The van der Waals surface area contributed by atoms with Crippen LogP contribution in [0.15, 0.2) is 30.9 Å². The molecule has 0 radical (unpaired) electrons. The van der Waals surface area contributed by atoms with E-state index in [1.54, 1.807) is 26.5 Å². The maximum Gasteiger partial charge on any atom is 0.249 e. The highest BCUT2D eigenvalue weighted by atomic mass is 16.2. The molecule has 1 aliphatic carbocycles. The molecule has 5 rings (SSSR count). The molecular weight excluding hydrogens is 342 g/mol. The second-order valence-corrected chi connectivity index (χ2v) is 7.59. The molecule has 1 saturated carbocycles. The lowest BCUT2D eigenvalue weighted by Gasteiger charge is -2.23. The average Bonchev–Trinajstić information content (AvgIpc) is 3.12. The van der Waals surface area contributed by atoms with E-state index in [2.05, 4.69) is 16.3 Å². The quantitative estimate of drug-likeness (QED) is 0.712. The van der Waals surface area contributed by atoms with E-state index < -0.39 is 5.41 Å². The highest BCUT2D eigenvalue weighted by molar-refractivity contribution is 6.04. The Morgan fingerprint density at radius 1 is 1.30 bits per heavy atom. The van der Waals surface area contributed by atoms with Gasteiger partial charge in [-0.3, -0.25) is 14.4 Å². The van der Waals surface area contributed by atoms with Gasteiger partial charge in [-0.15, -0.1) is 0 Å². The number of carbonyl (C=O) groups excluding carboxylic acids is 1. The maximum absolute atomic E-state index is 13.4. The molecule has 8 nitrogen and oxygen atoms in total. The maximum atomic E-state index is 13.4. The minimum Gasteiger partial charge on any atom is -0.293 e. The van der Waals surface area contributed by atoms with Crippen molar-refractivity contribution in [2.75, 3.05) is 11.4 Å². The summed E-state index contributed by atoms with van der Waals surface area (Å²) in [5.74, 6) is 0.564. The molecule has 3 aromatic rings. The molecule has 0 unspecified atom stereocenters. The van der Waals surface area contributed by atoms with Crippen LogP contribution < -0.4 is 4.90 Å². The van der Waals surface area contributed by atoms with Crippen LogP contribution in [-0.2, 0) is 11.8 Å². The van der Waals surface area contributed by atoms with Crippen molar-refractivity contribution in [2.24, 2.45) is 24.3 Å². The lowest BCUT2D eigenvalue weighted by atomic mass is 9.75. The summed E-state index contributed by atoms with van der Waals surface area (Å²) in [6.07, 6.45) is 9.03. The van der Waals surface area contributed by atoms with Crippen LogP contribution in [0.3, 0.4) is 0 Å². The molecule has 0 aromatic carbocycles. The summed E-state index contributed by atoms with van der Waals surface area (Å²) in [6, 6.07) is 4.22. The minimum atomic E-state index is -0.928. The van der Waals surface area contributed by atoms with E-state index in [9.17, 15) is 10.1 Å². The summed E-state index contributed by atoms with van der Waals surface area (Å²) in [5.41, 5.74) is 1.37. The van der Waals surface area contributed by atoms with Gasteiger partial charge in [-0.05, 0) is 24.8 Å². The first-order valence-electron chi connectivity index (χ1n) is 9.11. The Morgan fingerprint density at radius 3 is 2.78 bits per heavy atom. The third-order valence-electron chi connectivity index (χ3n) is 5.87. The minimum absolute atomic E-state index is 0.0330. The first kappa shape index (κ1) is 16.0. The second kappa shape index (κ2) is 5.39. The third kappa shape index (κ3) is 2.14. The van der Waals surface area contributed by atoms with Crippen LogP contribution in [-0.4, -0.2) is 36.8 Å². The van der Waals surface area contributed by atoms with Gasteiger partial charge >= 0.3 is 0 Å². The van der Waals surface area contributed by atoms with E-state index in [0.717, 1.165) is 23.9 Å². The summed E-state index contributed by atoms with van der Waals surface area (Å²) in [5, 5.41) is 18.4. The Kier molecular flexibility index (Phi) is 3.20. The van der Waals surface area contributed by atoms with E-state index in [1.807, 2.05) is 32.4 Å². The molecule has 1 aliphatic heterocycles. The first-order chi connectivity index (χ1) is 13.0. The molecule has 0 N–H and O–H groups in total. The van der Waals surface area contributed by atoms with Crippen LogP contribution in [0.5, 0.6) is 0 Å². The van der Waals surface area contributed by atoms with Gasteiger partial charge in [0.15, 0.2) is 5.82 Å². The molecule has 3 aromatic heterocycles. The summed E-state index contributed by atoms with van der Waals surface area (Å²) >= 11 is 0. The van der Waals surface area contributed by atoms with Crippen molar-refractivity contribution in [1.29, 1.82) is 5.26 Å². The fourth-order valence-corrected chi connectivity index (χ4v) is 4.28. The number of aromatic nitrogens is 5. The van der Waals surface area contributed by atoms with Gasteiger partial charge in [0.1, 0.15) is 10.9 Å². The number of anilines is 1. The van der Waals surface area contributed by atoms with Crippen molar-refractivity contribution in [1.82, 2.24) is 24.4 Å². The average molecular weight is 361 g/mol. The van der Waals surface area contributed by atoms with Crippen molar-refractivity contribution >= 4 is 17.2 Å². The molecule has 1 saturated heterocycles. The largest absolute Gasteiger partial charge is 0.293 e. The summed E-state index contributed by atoms with van der Waals surface area (Å²) < 4.78 is 3.44. The van der Waals surface area contributed by atoms with Gasteiger partial charge < -0.3 is 0 Å². The summed E-state index contributed by atoms with van der Waals surface area (Å²) in [6.45, 7) is 2.49. The Balaban J connectivity index is 1.66. The zero-order chi connectivity index (χ0) is 18.8. The van der Waals surface area contributed by atoms with E-state index >= 15 is 0 Å². The van der Waals surface area contributed by atoms with Gasteiger partial charge in [0.2, 0.25) is 5.91 Å². The Bertz CT molecular complexity index is 1100. The lowest BCUT2D eigenvalue weighted by molar-refractivity contribution is -0.124. The molecule has 136 valence electrons. The lowest BCUT2D eigenvalue weighted by Crippen LogP contribution is -2.37. The highest BCUT2D eigenvalue weighted by Crippen LogP contribution is 2.54. The van der Waals surface area contributed by atoms with Crippen molar-refractivity contribution in [3.8, 4) is 17.3 Å². The van der Waals surface area contributed by atoms with Crippen LogP contribution >= 0.6 is 0 Å². The van der Waals surface area contributed by atoms with Gasteiger partial charge in [-0.25, -0.2) is 9.50 Å². The molecule has 2 fully saturated rings. The van der Waals surface area contributed by atoms with Crippen molar-refractivity contribution in [3.63, 3.8) is 0 Å². The number of nitrogens with zero attached hydrogens (tertiary/aromatic N) is 7. The van der Waals surface area contributed by atoms with Gasteiger partial charge in [-0.2, -0.15) is 15.5 Å². The zero-order valence-corrected chi connectivity index (χ0v) is 15.2. The Hall–Kier alpha value is -3.21. The van der Waals surface area contributed by atoms with E-state index in [0.29, 0.717) is 18.1 Å². The third-order valence-corrected chi connectivity index (χ3v) is 5.87. The molecule has 0 bridgehead atoms. The predicted octanol–water partition coefficient (Wildman–Crippen LogP) is 2.03. The summed E-state index contributed by atoms with van der Waals surface area (Å²) in [7, 11) is 1.85. The van der Waals surface area contributed by atoms with Crippen molar-refractivity contribution in [3.05, 3.63) is 30.9 Å². The molecule has 2 aliphatic rings. The number of rotatable bonds is 3. The standard InChI is InChI=1S/C19H19N7O/c1-12-8-25(18(27)19(12,11-20)14-3-4-14)17-16-5-6-21-26(16)10-15(23-17)13-7-22-24(2)9-13/h5-7,9-10,12,14H,3-4,8H2,1-2H3/t12-,19+/m1/s1.